The van der Waals surface area contributed by atoms with Crippen molar-refractivity contribution in [1.29, 1.82) is 0 Å². The standard InChI is InChI=1S/C18H22N4O3/c1-11(2)21(3)16(23)10-22-17(24)15(20-18(22)25)8-12-9-19-14-7-5-4-6-13(12)14/h4-7,9,11,15,19H,8,10H2,1-3H3,(H,20,25)/t15-/m0/s1. The smallest absolute Gasteiger partial charge is 0.325 e. The summed E-state index contributed by atoms with van der Waals surface area (Å²) in [7, 11) is 1.66. The first-order valence-electron chi connectivity index (χ1n) is 8.31. The maximum Gasteiger partial charge on any atom is 0.325 e. The quantitative estimate of drug-likeness (QED) is 0.808. The van der Waals surface area contributed by atoms with E-state index in [1.165, 1.54) is 4.90 Å². The van der Waals surface area contributed by atoms with E-state index >= 15 is 0 Å². The summed E-state index contributed by atoms with van der Waals surface area (Å²) in [4.78, 5) is 42.6. The summed E-state index contributed by atoms with van der Waals surface area (Å²) in [6.45, 7) is 3.52. The van der Waals surface area contributed by atoms with Gasteiger partial charge in [-0.1, -0.05) is 18.2 Å². The first kappa shape index (κ1) is 17.0. The van der Waals surface area contributed by atoms with E-state index in [0.717, 1.165) is 21.4 Å². The predicted octanol–water partition coefficient (Wildman–Crippen LogP) is 1.50. The van der Waals surface area contributed by atoms with Gasteiger partial charge in [0.05, 0.1) is 0 Å². The Bertz CT molecular complexity index is 827. The van der Waals surface area contributed by atoms with E-state index in [2.05, 4.69) is 10.3 Å². The van der Waals surface area contributed by atoms with E-state index in [0.29, 0.717) is 6.42 Å². The highest BCUT2D eigenvalue weighted by Gasteiger charge is 2.39. The molecule has 3 rings (SSSR count). The van der Waals surface area contributed by atoms with Crippen molar-refractivity contribution in [2.75, 3.05) is 13.6 Å². The zero-order chi connectivity index (χ0) is 18.1. The molecule has 0 aliphatic carbocycles. The predicted molar refractivity (Wildman–Crippen MR) is 93.9 cm³/mol. The second-order valence-electron chi connectivity index (χ2n) is 6.59. The van der Waals surface area contributed by atoms with Gasteiger partial charge in [0.25, 0.3) is 5.91 Å². The van der Waals surface area contributed by atoms with Crippen LogP contribution in [0.5, 0.6) is 0 Å². The van der Waals surface area contributed by atoms with Gasteiger partial charge in [0, 0.05) is 36.6 Å². The Kier molecular flexibility index (Phi) is 4.48. The van der Waals surface area contributed by atoms with Crippen LogP contribution in [0.3, 0.4) is 0 Å². The molecule has 1 fully saturated rings. The first-order chi connectivity index (χ1) is 11.9. The van der Waals surface area contributed by atoms with Gasteiger partial charge in [0.15, 0.2) is 0 Å². The number of nitrogens with one attached hydrogen (secondary N) is 2. The van der Waals surface area contributed by atoms with Crippen molar-refractivity contribution in [3.8, 4) is 0 Å². The van der Waals surface area contributed by atoms with Crippen LogP contribution in [-0.4, -0.2) is 58.3 Å². The fourth-order valence-corrected chi connectivity index (χ4v) is 2.92. The van der Waals surface area contributed by atoms with Gasteiger partial charge < -0.3 is 15.2 Å². The molecule has 1 saturated heterocycles. The summed E-state index contributed by atoms with van der Waals surface area (Å²) in [5.74, 6) is -0.618. The number of amides is 4. The van der Waals surface area contributed by atoms with E-state index in [1.54, 1.807) is 7.05 Å². The largest absolute Gasteiger partial charge is 0.361 e. The van der Waals surface area contributed by atoms with Gasteiger partial charge in [-0.2, -0.15) is 0 Å². The number of urea groups is 1. The molecule has 0 saturated carbocycles. The molecule has 1 aliphatic heterocycles. The summed E-state index contributed by atoms with van der Waals surface area (Å²) in [5, 5.41) is 3.71. The van der Waals surface area contributed by atoms with E-state index in [1.807, 2.05) is 44.3 Å². The number of carbonyl (C=O) groups is 3. The summed E-state index contributed by atoms with van der Waals surface area (Å²) < 4.78 is 0. The Morgan fingerprint density at radius 2 is 2.00 bits per heavy atom. The van der Waals surface area contributed by atoms with E-state index in [-0.39, 0.29) is 24.4 Å². The van der Waals surface area contributed by atoms with Crippen molar-refractivity contribution in [1.82, 2.24) is 20.1 Å². The van der Waals surface area contributed by atoms with E-state index in [9.17, 15) is 14.4 Å². The second-order valence-corrected chi connectivity index (χ2v) is 6.59. The van der Waals surface area contributed by atoms with Crippen molar-refractivity contribution in [3.05, 3.63) is 36.0 Å². The van der Waals surface area contributed by atoms with Crippen molar-refractivity contribution in [3.63, 3.8) is 0 Å². The SMILES string of the molecule is CC(C)N(C)C(=O)CN1C(=O)N[C@@H](Cc2c[nH]c3ccccc23)C1=O. The molecular weight excluding hydrogens is 320 g/mol. The number of benzene rings is 1. The third kappa shape index (κ3) is 3.22. The average molecular weight is 342 g/mol. The van der Waals surface area contributed by atoms with Crippen LogP contribution in [0.2, 0.25) is 0 Å². The molecule has 132 valence electrons. The van der Waals surface area contributed by atoms with Crippen molar-refractivity contribution < 1.29 is 14.4 Å². The van der Waals surface area contributed by atoms with Crippen LogP contribution >= 0.6 is 0 Å². The molecule has 7 nitrogen and oxygen atoms in total. The van der Waals surface area contributed by atoms with Gasteiger partial charge in [-0.15, -0.1) is 0 Å². The van der Waals surface area contributed by atoms with Gasteiger partial charge in [-0.3, -0.25) is 14.5 Å². The topological polar surface area (TPSA) is 85.5 Å². The lowest BCUT2D eigenvalue weighted by Gasteiger charge is -2.23. The molecule has 0 spiro atoms. The molecule has 4 amide bonds. The number of hydrogen-bond acceptors (Lipinski definition) is 3. The summed E-state index contributed by atoms with van der Waals surface area (Å²) >= 11 is 0. The maximum atomic E-state index is 12.6. The van der Waals surface area contributed by atoms with Crippen LogP contribution in [-0.2, 0) is 16.0 Å². The average Bonchev–Trinajstić information content (AvgIpc) is 3.11. The molecule has 0 unspecified atom stereocenters. The summed E-state index contributed by atoms with van der Waals surface area (Å²) in [5.41, 5.74) is 1.95. The molecule has 0 radical (unpaired) electrons. The molecule has 1 aliphatic rings. The fourth-order valence-electron chi connectivity index (χ4n) is 2.92. The van der Waals surface area contributed by atoms with Gasteiger partial charge >= 0.3 is 6.03 Å². The normalized spacial score (nSPS) is 17.4. The Labute approximate surface area is 146 Å². The monoisotopic (exact) mass is 342 g/mol. The molecular formula is C18H22N4O3. The number of aromatic nitrogens is 1. The van der Waals surface area contributed by atoms with Crippen LogP contribution in [0, 0.1) is 0 Å². The number of fused-ring (bicyclic) bond motifs is 1. The molecule has 2 N–H and O–H groups in total. The molecule has 1 atom stereocenters. The molecule has 1 aromatic carbocycles. The molecule has 25 heavy (non-hydrogen) atoms. The minimum Gasteiger partial charge on any atom is -0.361 e. The number of rotatable bonds is 5. The number of aromatic amines is 1. The van der Waals surface area contributed by atoms with Gasteiger partial charge in [0.2, 0.25) is 5.91 Å². The van der Waals surface area contributed by atoms with Crippen molar-refractivity contribution in [2.45, 2.75) is 32.4 Å². The third-order valence-corrected chi connectivity index (χ3v) is 4.67. The minimum absolute atomic E-state index is 0.00952. The summed E-state index contributed by atoms with van der Waals surface area (Å²) in [6.07, 6.45) is 2.24. The summed E-state index contributed by atoms with van der Waals surface area (Å²) in [6, 6.07) is 6.65. The molecule has 1 aromatic heterocycles. The lowest BCUT2D eigenvalue weighted by Crippen LogP contribution is -2.44. The molecule has 2 heterocycles. The van der Waals surface area contributed by atoms with Crippen LogP contribution in [0.1, 0.15) is 19.4 Å². The van der Waals surface area contributed by atoms with Crippen LogP contribution in [0.4, 0.5) is 4.79 Å². The van der Waals surface area contributed by atoms with E-state index < -0.39 is 12.1 Å². The Morgan fingerprint density at radius 3 is 2.72 bits per heavy atom. The van der Waals surface area contributed by atoms with Gasteiger partial charge in [0.1, 0.15) is 12.6 Å². The van der Waals surface area contributed by atoms with E-state index in [4.69, 9.17) is 0 Å². The number of H-pyrrole nitrogens is 1. The Hall–Kier alpha value is -2.83. The van der Waals surface area contributed by atoms with Crippen LogP contribution in [0.15, 0.2) is 30.5 Å². The number of carbonyl (C=O) groups excluding carboxylic acids is 3. The van der Waals surface area contributed by atoms with Crippen LogP contribution < -0.4 is 5.32 Å². The van der Waals surface area contributed by atoms with Gasteiger partial charge in [-0.05, 0) is 25.5 Å². The lowest BCUT2D eigenvalue weighted by atomic mass is 10.1. The molecule has 2 aromatic rings. The van der Waals surface area contributed by atoms with Crippen molar-refractivity contribution >= 4 is 28.7 Å². The van der Waals surface area contributed by atoms with Gasteiger partial charge in [-0.25, -0.2) is 4.79 Å². The third-order valence-electron chi connectivity index (χ3n) is 4.67. The number of nitrogens with zero attached hydrogens (tertiary/aromatic N) is 2. The minimum atomic E-state index is -0.649. The highest BCUT2D eigenvalue weighted by Crippen LogP contribution is 2.21. The number of para-hydroxylation sites is 1. The maximum absolute atomic E-state index is 12.6. The zero-order valence-electron chi connectivity index (χ0n) is 14.6. The first-order valence-corrected chi connectivity index (χ1v) is 8.31. The number of hydrogen-bond donors (Lipinski definition) is 2. The lowest BCUT2D eigenvalue weighted by molar-refractivity contribution is -0.137. The van der Waals surface area contributed by atoms with Crippen LogP contribution in [0.25, 0.3) is 10.9 Å². The zero-order valence-corrected chi connectivity index (χ0v) is 14.6. The second kappa shape index (κ2) is 6.58. The number of likely N-dealkylation sites (N-methyl/N-ethyl adjacent to an activating group) is 1. The number of imide groups is 1. The fraction of sp³-hybridized carbons (Fsp3) is 0.389. The molecule has 7 heteroatoms. The Balaban J connectivity index is 1.72. The highest BCUT2D eigenvalue weighted by molar-refractivity contribution is 6.06. The Morgan fingerprint density at radius 1 is 1.28 bits per heavy atom. The van der Waals surface area contributed by atoms with Crippen molar-refractivity contribution in [2.24, 2.45) is 0 Å². The highest BCUT2D eigenvalue weighted by atomic mass is 16.2. The molecule has 0 bridgehead atoms.